The number of aromatic nitrogens is 3. The maximum Gasteiger partial charge on any atom is 0.148 e. The van der Waals surface area contributed by atoms with Crippen molar-refractivity contribution in [2.75, 3.05) is 0 Å². The molecule has 0 aliphatic carbocycles. The van der Waals surface area contributed by atoms with Crippen molar-refractivity contribution < 1.29 is 31.7 Å². The van der Waals surface area contributed by atoms with E-state index >= 15 is 0 Å². The van der Waals surface area contributed by atoms with E-state index in [1.165, 1.54) is 0 Å². The molecule has 0 amide bonds. The van der Waals surface area contributed by atoms with Gasteiger partial charge < -0.3 is 5.11 Å². The van der Waals surface area contributed by atoms with E-state index in [2.05, 4.69) is 87.7 Å². The second-order valence-corrected chi connectivity index (χ2v) is 17.4. The van der Waals surface area contributed by atoms with Gasteiger partial charge in [0.1, 0.15) is 11.6 Å². The summed E-state index contributed by atoms with van der Waals surface area (Å²) in [4.78, 5) is 10.4. The number of para-hydroxylation sites is 2. The minimum atomic E-state index is -2.44. The zero-order valence-corrected chi connectivity index (χ0v) is 38.6. The second-order valence-electron chi connectivity index (χ2n) is 17.4. The maximum absolute atomic E-state index is 12.3. The predicted molar refractivity (Wildman–Crippen MR) is 258 cm³/mol. The van der Waals surface area contributed by atoms with Gasteiger partial charge in [-0.05, 0) is 75.7 Å². The molecule has 7 aromatic carbocycles. The molecule has 1 unspecified atom stereocenters. The molecule has 0 radical (unpaired) electrons. The Morgan fingerprint density at radius 2 is 1.27 bits per heavy atom. The molecule has 0 aliphatic rings. The number of benzene rings is 7. The molecule has 5 heteroatoms. The zero-order chi connectivity index (χ0) is 46.5. The summed E-state index contributed by atoms with van der Waals surface area (Å²) < 4.78 is 37.9. The number of hydrogen-bond donors (Lipinski definition) is 1. The third kappa shape index (κ3) is 8.45. The fourth-order valence-corrected chi connectivity index (χ4v) is 8.35. The van der Waals surface area contributed by atoms with Crippen LogP contribution in [0.3, 0.4) is 0 Å². The van der Waals surface area contributed by atoms with Gasteiger partial charge in [0.05, 0.1) is 22.3 Å². The van der Waals surface area contributed by atoms with Crippen LogP contribution in [-0.2, 0) is 26.5 Å². The molecule has 2 aromatic heterocycles. The average Bonchev–Trinajstić information content (AvgIpc) is 3.71. The Morgan fingerprint density at radius 1 is 0.651 bits per heavy atom. The van der Waals surface area contributed by atoms with Crippen LogP contribution < -0.4 is 0 Å². The summed E-state index contributed by atoms with van der Waals surface area (Å²) >= 11 is 0. The molecule has 0 saturated heterocycles. The van der Waals surface area contributed by atoms with E-state index in [4.69, 9.17) is 14.1 Å². The van der Waals surface area contributed by atoms with Gasteiger partial charge in [-0.1, -0.05) is 186 Å². The smallest absolute Gasteiger partial charge is 0.148 e. The third-order valence-corrected chi connectivity index (χ3v) is 11.8. The summed E-state index contributed by atoms with van der Waals surface area (Å²) in [6, 6.07) is 57.1. The van der Waals surface area contributed by atoms with Gasteiger partial charge in [0.2, 0.25) is 0 Å². The van der Waals surface area contributed by atoms with Crippen LogP contribution in [0.15, 0.2) is 170 Å². The van der Waals surface area contributed by atoms with Crippen molar-refractivity contribution in [3.8, 4) is 67.5 Å². The Morgan fingerprint density at radius 3 is 1.94 bits per heavy atom. The topological polar surface area (TPSA) is 50.9 Å². The quantitative estimate of drug-likeness (QED) is 0.147. The van der Waals surface area contributed by atoms with Crippen LogP contribution in [0.25, 0.3) is 72.7 Å². The first-order valence-corrected chi connectivity index (χ1v) is 21.2. The first kappa shape index (κ1) is 38.3. The molecule has 2 heterocycles. The van der Waals surface area contributed by atoms with Crippen molar-refractivity contribution >= 4 is 11.0 Å². The largest absolute Gasteiger partial charge is 0.507 e. The Bertz CT molecular complexity index is 3230. The van der Waals surface area contributed by atoms with Crippen molar-refractivity contribution in [2.45, 2.75) is 65.6 Å². The van der Waals surface area contributed by atoms with Gasteiger partial charge in [-0.15, -0.1) is 29.3 Å². The molecule has 0 aliphatic heterocycles. The van der Waals surface area contributed by atoms with Gasteiger partial charge in [0.25, 0.3) is 0 Å². The standard InChI is InChI=1S/C58H52N3O.Pt/c1-37(2)49-34-46(58(5,6)7)35-50(56(49)62)57-60-55-48(27-19-29-54(55)61(57)53-28-18-17-26-47(53)41-22-13-9-14-23-41)44-31-43(39(4)40-20-11-8-12-21-40)32-45(33-44)52-30-38(3)51(36-59-52)42-24-15-10-16-25-42;/h8-32,34-37,39,62H,1-7H3;/q-1;/i3D3,39D;. The summed E-state index contributed by atoms with van der Waals surface area (Å²) in [5.41, 5.74) is 12.1. The average molecular weight is 1010 g/mol. The van der Waals surface area contributed by atoms with Gasteiger partial charge in [-0.3, -0.25) is 9.55 Å². The summed E-state index contributed by atoms with van der Waals surface area (Å²) in [7, 11) is 0. The molecule has 63 heavy (non-hydrogen) atoms. The molecule has 9 aromatic rings. The van der Waals surface area contributed by atoms with Crippen LogP contribution in [0.1, 0.15) is 86.7 Å². The molecule has 0 bridgehead atoms. The Kier molecular flexibility index (Phi) is 10.8. The molecule has 1 atom stereocenters. The molecule has 0 spiro atoms. The molecule has 0 saturated carbocycles. The molecule has 0 fully saturated rings. The van der Waals surface area contributed by atoms with Crippen LogP contribution in [0.5, 0.6) is 5.75 Å². The summed E-state index contributed by atoms with van der Waals surface area (Å²) in [6.45, 7) is 10.2. The minimum absolute atomic E-state index is 0. The number of pyridine rings is 1. The normalized spacial score (nSPS) is 13.7. The Balaban J connectivity index is 0.00000608. The van der Waals surface area contributed by atoms with Crippen LogP contribution >= 0.6 is 0 Å². The van der Waals surface area contributed by atoms with E-state index in [0.29, 0.717) is 44.9 Å². The van der Waals surface area contributed by atoms with Crippen LogP contribution in [0.2, 0.25) is 0 Å². The number of nitrogens with zero attached hydrogens (tertiary/aromatic N) is 3. The number of aryl methyl sites for hydroxylation is 1. The molecule has 1 N–H and O–H groups in total. The minimum Gasteiger partial charge on any atom is -0.507 e. The number of rotatable bonds is 9. The zero-order valence-electron chi connectivity index (χ0n) is 40.3. The number of phenols is 1. The molecule has 4 nitrogen and oxygen atoms in total. The summed E-state index contributed by atoms with van der Waals surface area (Å²) in [6.07, 6.45) is 1.63. The molecule has 316 valence electrons. The van der Waals surface area contributed by atoms with Crippen molar-refractivity contribution in [1.82, 2.24) is 14.5 Å². The monoisotopic (exact) mass is 1010 g/mol. The SMILES string of the molecule is [2H]C([2H])([2H])c1cc(-c2[c-]c(-c3cccc4c3nc(-c3cc(C(C)(C)C)cc(C(C)C)c3O)n4-c3ccccc3-c3ccccc3)cc(C([2H])(C)c3ccccc3)c2)ncc1-c1ccccc1.[Pt]. The molecular formula is C58H52N3OPt-. The number of phenolic OH excluding ortho intramolecular Hbond substituents is 1. The van der Waals surface area contributed by atoms with E-state index < -0.39 is 12.7 Å². The summed E-state index contributed by atoms with van der Waals surface area (Å²) in [5.74, 6) is -0.419. The Labute approximate surface area is 392 Å². The van der Waals surface area contributed by atoms with Gasteiger partial charge in [0, 0.05) is 49.6 Å². The fourth-order valence-electron chi connectivity index (χ4n) is 8.35. The van der Waals surface area contributed by atoms with E-state index in [1.807, 2.05) is 122 Å². The predicted octanol–water partition coefficient (Wildman–Crippen LogP) is 15.1. The van der Waals surface area contributed by atoms with Crippen molar-refractivity contribution in [2.24, 2.45) is 0 Å². The van der Waals surface area contributed by atoms with Gasteiger partial charge in [0.15, 0.2) is 0 Å². The number of imidazole rings is 1. The number of hydrogen-bond acceptors (Lipinski definition) is 3. The van der Waals surface area contributed by atoms with E-state index in [1.54, 1.807) is 12.3 Å². The van der Waals surface area contributed by atoms with Crippen molar-refractivity contribution in [3.05, 3.63) is 204 Å². The van der Waals surface area contributed by atoms with Gasteiger partial charge >= 0.3 is 0 Å². The number of fused-ring (bicyclic) bond motifs is 1. The second kappa shape index (κ2) is 17.8. The van der Waals surface area contributed by atoms with Crippen molar-refractivity contribution in [1.29, 1.82) is 0 Å². The molecular weight excluding hydrogens is 950 g/mol. The van der Waals surface area contributed by atoms with Crippen LogP contribution in [0.4, 0.5) is 0 Å². The summed E-state index contributed by atoms with van der Waals surface area (Å²) in [5, 5.41) is 12.3. The van der Waals surface area contributed by atoms with E-state index in [-0.39, 0.29) is 43.7 Å². The Hall–Kier alpha value is -6.35. The van der Waals surface area contributed by atoms with E-state index in [0.717, 1.165) is 50.1 Å². The third-order valence-electron chi connectivity index (χ3n) is 11.8. The first-order valence-electron chi connectivity index (χ1n) is 23.2. The first-order chi connectivity index (χ1) is 31.5. The number of aromatic hydroxyl groups is 1. The van der Waals surface area contributed by atoms with Crippen LogP contribution in [0, 0.1) is 12.9 Å². The molecule has 9 rings (SSSR count). The van der Waals surface area contributed by atoms with Crippen LogP contribution in [-0.4, -0.2) is 19.6 Å². The van der Waals surface area contributed by atoms with E-state index in [9.17, 15) is 6.48 Å². The maximum atomic E-state index is 12.3. The fraction of sp³-hybridized carbons (Fsp3) is 0.172. The van der Waals surface area contributed by atoms with Gasteiger partial charge in [-0.2, -0.15) is 0 Å². The van der Waals surface area contributed by atoms with Crippen molar-refractivity contribution in [3.63, 3.8) is 0 Å². The van der Waals surface area contributed by atoms with Gasteiger partial charge in [-0.25, -0.2) is 4.98 Å².